The molecule has 68 valence electrons. The molecule has 13 heavy (non-hydrogen) atoms. The standard InChI is InChI=1S/C8H9BO4/c1-12-7-3-2-6(5-10)4-8(7)13-9-11/h2-5,9,11H,1H3. The summed E-state index contributed by atoms with van der Waals surface area (Å²) in [5.74, 6) is 0.842. The molecule has 0 aliphatic rings. The van der Waals surface area contributed by atoms with Crippen molar-refractivity contribution in [2.75, 3.05) is 7.11 Å². The van der Waals surface area contributed by atoms with Gasteiger partial charge in [0.2, 0.25) is 0 Å². The Morgan fingerprint density at radius 2 is 2.23 bits per heavy atom. The van der Waals surface area contributed by atoms with Gasteiger partial charge in [-0.3, -0.25) is 4.79 Å². The van der Waals surface area contributed by atoms with Gasteiger partial charge in [0.05, 0.1) is 7.11 Å². The van der Waals surface area contributed by atoms with Gasteiger partial charge < -0.3 is 14.4 Å². The maximum Gasteiger partial charge on any atom is 0.504 e. The number of rotatable bonds is 4. The van der Waals surface area contributed by atoms with Gasteiger partial charge in [-0.05, 0) is 18.2 Å². The highest BCUT2D eigenvalue weighted by Crippen LogP contribution is 2.26. The Kier molecular flexibility index (Phi) is 3.34. The largest absolute Gasteiger partial charge is 0.536 e. The summed E-state index contributed by atoms with van der Waals surface area (Å²) in [4.78, 5) is 10.4. The first-order valence-electron chi connectivity index (χ1n) is 3.68. The van der Waals surface area contributed by atoms with Crippen molar-refractivity contribution in [3.63, 3.8) is 0 Å². The smallest absolute Gasteiger partial charge is 0.504 e. The van der Waals surface area contributed by atoms with E-state index in [0.29, 0.717) is 23.3 Å². The summed E-state index contributed by atoms with van der Waals surface area (Å²) >= 11 is 0. The lowest BCUT2D eigenvalue weighted by molar-refractivity contribution is 0.112. The van der Waals surface area contributed by atoms with Gasteiger partial charge in [0.25, 0.3) is 0 Å². The van der Waals surface area contributed by atoms with Crippen molar-refractivity contribution in [3.8, 4) is 11.5 Å². The summed E-state index contributed by atoms with van der Waals surface area (Å²) in [7, 11) is 1.04. The molecule has 0 aliphatic carbocycles. The zero-order valence-corrected chi connectivity index (χ0v) is 7.19. The van der Waals surface area contributed by atoms with E-state index < -0.39 is 7.69 Å². The molecule has 1 aromatic carbocycles. The van der Waals surface area contributed by atoms with Crippen LogP contribution in [0.1, 0.15) is 10.4 Å². The summed E-state index contributed by atoms with van der Waals surface area (Å²) in [6.45, 7) is 0. The SMILES string of the molecule is COc1ccc(C=O)cc1OBO. The number of carbonyl (C=O) groups excluding carboxylic acids is 1. The van der Waals surface area contributed by atoms with Crippen LogP contribution in [0.4, 0.5) is 0 Å². The Hall–Kier alpha value is -1.49. The molecule has 4 nitrogen and oxygen atoms in total. The highest BCUT2D eigenvalue weighted by atomic mass is 16.5. The van der Waals surface area contributed by atoms with Crippen LogP contribution >= 0.6 is 0 Å². The van der Waals surface area contributed by atoms with Crippen molar-refractivity contribution in [3.05, 3.63) is 23.8 Å². The second-order valence-corrected chi connectivity index (χ2v) is 2.30. The van der Waals surface area contributed by atoms with Crippen molar-refractivity contribution in [2.24, 2.45) is 0 Å². The lowest BCUT2D eigenvalue weighted by Gasteiger charge is -2.08. The van der Waals surface area contributed by atoms with Crippen molar-refractivity contribution < 1.29 is 19.2 Å². The van der Waals surface area contributed by atoms with Crippen LogP contribution in [0.5, 0.6) is 11.5 Å². The van der Waals surface area contributed by atoms with Crippen LogP contribution in [0, 0.1) is 0 Å². The topological polar surface area (TPSA) is 55.8 Å². The normalized spacial score (nSPS) is 9.08. The Labute approximate surface area is 76.4 Å². The van der Waals surface area contributed by atoms with Gasteiger partial charge in [-0.15, -0.1) is 0 Å². The Bertz CT molecular complexity index is 300. The third-order valence-electron chi connectivity index (χ3n) is 1.54. The Morgan fingerprint density at radius 1 is 1.46 bits per heavy atom. The number of carbonyl (C=O) groups is 1. The summed E-state index contributed by atoms with van der Waals surface area (Å²) in [5, 5.41) is 8.54. The molecule has 0 saturated heterocycles. The molecule has 0 heterocycles. The van der Waals surface area contributed by atoms with Crippen molar-refractivity contribution in [1.82, 2.24) is 0 Å². The van der Waals surface area contributed by atoms with E-state index in [1.54, 1.807) is 12.1 Å². The molecule has 1 N–H and O–H groups in total. The Balaban J connectivity index is 3.02. The first kappa shape index (κ1) is 9.60. The van der Waals surface area contributed by atoms with Crippen LogP contribution in [0.3, 0.4) is 0 Å². The van der Waals surface area contributed by atoms with E-state index >= 15 is 0 Å². The van der Waals surface area contributed by atoms with Crippen molar-refractivity contribution in [1.29, 1.82) is 0 Å². The number of ether oxygens (including phenoxy) is 1. The van der Waals surface area contributed by atoms with Gasteiger partial charge in [-0.25, -0.2) is 0 Å². The maximum absolute atomic E-state index is 10.4. The molecular formula is C8H9BO4. The number of hydrogen-bond donors (Lipinski definition) is 1. The molecule has 0 aromatic heterocycles. The van der Waals surface area contributed by atoms with Gasteiger partial charge in [-0.2, -0.15) is 0 Å². The number of benzene rings is 1. The average molecular weight is 180 g/mol. The minimum Gasteiger partial charge on any atom is -0.536 e. The van der Waals surface area contributed by atoms with E-state index in [1.807, 2.05) is 0 Å². The molecule has 0 unspecified atom stereocenters. The molecule has 0 atom stereocenters. The van der Waals surface area contributed by atoms with E-state index in [0.717, 1.165) is 0 Å². The molecule has 0 fully saturated rings. The second kappa shape index (κ2) is 4.52. The lowest BCUT2D eigenvalue weighted by Crippen LogP contribution is -2.02. The third kappa shape index (κ3) is 2.22. The number of hydrogen-bond acceptors (Lipinski definition) is 4. The van der Waals surface area contributed by atoms with Crippen molar-refractivity contribution in [2.45, 2.75) is 0 Å². The van der Waals surface area contributed by atoms with Crippen molar-refractivity contribution >= 4 is 14.0 Å². The maximum atomic E-state index is 10.4. The summed E-state index contributed by atoms with van der Waals surface area (Å²) < 4.78 is 9.79. The molecule has 0 saturated carbocycles. The molecule has 0 aliphatic heterocycles. The third-order valence-corrected chi connectivity index (χ3v) is 1.54. The van der Waals surface area contributed by atoms with Gasteiger partial charge in [0.15, 0.2) is 5.75 Å². The molecule has 5 heteroatoms. The fourth-order valence-corrected chi connectivity index (χ4v) is 0.949. The summed E-state index contributed by atoms with van der Waals surface area (Å²) in [5.41, 5.74) is 0.476. The highest BCUT2D eigenvalue weighted by Gasteiger charge is 2.04. The monoisotopic (exact) mass is 180 g/mol. The second-order valence-electron chi connectivity index (χ2n) is 2.30. The first-order chi connectivity index (χ1) is 6.31. The molecule has 0 spiro atoms. The molecule has 0 bridgehead atoms. The first-order valence-corrected chi connectivity index (χ1v) is 3.68. The quantitative estimate of drug-likeness (QED) is 0.529. The highest BCUT2D eigenvalue weighted by molar-refractivity contribution is 6.17. The zero-order chi connectivity index (χ0) is 9.68. The fraction of sp³-hybridized carbons (Fsp3) is 0.125. The minimum absolute atomic E-state index is 0.356. The van der Waals surface area contributed by atoms with Crippen LogP contribution < -0.4 is 9.39 Å². The average Bonchev–Trinajstić information content (AvgIpc) is 2.18. The van der Waals surface area contributed by atoms with Gasteiger partial charge in [-0.1, -0.05) is 0 Å². The molecule has 0 radical (unpaired) electrons. The predicted molar refractivity (Wildman–Crippen MR) is 48.4 cm³/mol. The number of methoxy groups -OCH3 is 1. The summed E-state index contributed by atoms with van der Waals surface area (Å²) in [6, 6.07) is 4.72. The van der Waals surface area contributed by atoms with Crippen LogP contribution in [0.2, 0.25) is 0 Å². The summed E-state index contributed by atoms with van der Waals surface area (Å²) in [6.07, 6.45) is 0.698. The van der Waals surface area contributed by atoms with Gasteiger partial charge >= 0.3 is 7.69 Å². The van der Waals surface area contributed by atoms with Gasteiger partial charge in [0, 0.05) is 5.56 Å². The van der Waals surface area contributed by atoms with E-state index in [4.69, 9.17) is 14.4 Å². The predicted octanol–water partition coefficient (Wildman–Crippen LogP) is 0.145. The van der Waals surface area contributed by atoms with Crippen LogP contribution in [-0.4, -0.2) is 26.1 Å². The van der Waals surface area contributed by atoms with Crippen LogP contribution in [0.25, 0.3) is 0 Å². The molecule has 1 rings (SSSR count). The van der Waals surface area contributed by atoms with E-state index in [9.17, 15) is 4.79 Å². The van der Waals surface area contributed by atoms with Gasteiger partial charge in [0.1, 0.15) is 12.0 Å². The lowest BCUT2D eigenvalue weighted by atomic mass is 10.2. The van der Waals surface area contributed by atoms with E-state index in [1.165, 1.54) is 13.2 Å². The van der Waals surface area contributed by atoms with E-state index in [2.05, 4.69) is 0 Å². The zero-order valence-electron chi connectivity index (χ0n) is 7.19. The minimum atomic E-state index is -0.446. The Morgan fingerprint density at radius 3 is 2.77 bits per heavy atom. The molecule has 1 aromatic rings. The fourth-order valence-electron chi connectivity index (χ4n) is 0.949. The molecular weight excluding hydrogens is 171 g/mol. The van der Waals surface area contributed by atoms with Crippen LogP contribution in [0.15, 0.2) is 18.2 Å². The molecule has 0 amide bonds. The van der Waals surface area contributed by atoms with E-state index in [-0.39, 0.29) is 0 Å². The van der Waals surface area contributed by atoms with Crippen LogP contribution in [-0.2, 0) is 0 Å². The number of aldehydes is 1.